The van der Waals surface area contributed by atoms with Crippen molar-refractivity contribution in [1.82, 2.24) is 20.1 Å². The lowest BCUT2D eigenvalue weighted by Gasteiger charge is -2.23. The molecule has 176 valence electrons. The quantitative estimate of drug-likeness (QED) is 0.341. The fourth-order valence-electron chi connectivity index (χ4n) is 4.41. The molecule has 0 aliphatic carbocycles. The maximum absolute atomic E-state index is 10.8. The van der Waals surface area contributed by atoms with Gasteiger partial charge in [-0.2, -0.15) is 5.10 Å². The van der Waals surface area contributed by atoms with E-state index in [9.17, 15) is 10.2 Å². The van der Waals surface area contributed by atoms with Crippen LogP contribution >= 0.6 is 23.2 Å². The Morgan fingerprint density at radius 1 is 1.15 bits per heavy atom. The number of halogens is 2. The van der Waals surface area contributed by atoms with Crippen LogP contribution in [0.15, 0.2) is 54.9 Å². The van der Waals surface area contributed by atoms with E-state index < -0.39 is 12.3 Å². The summed E-state index contributed by atoms with van der Waals surface area (Å²) >= 11 is 12.6. The Hall–Kier alpha value is -2.68. The van der Waals surface area contributed by atoms with Crippen LogP contribution in [0.5, 0.6) is 5.75 Å². The van der Waals surface area contributed by atoms with Gasteiger partial charge in [0.25, 0.3) is 0 Å². The van der Waals surface area contributed by atoms with E-state index in [1.165, 1.54) is 0 Å². The average molecular weight is 499 g/mol. The topological polar surface area (TPSA) is 94.5 Å². The number of ether oxygens (including phenoxy) is 1. The first kappa shape index (κ1) is 23.1. The van der Waals surface area contributed by atoms with E-state index in [0.29, 0.717) is 40.9 Å². The summed E-state index contributed by atoms with van der Waals surface area (Å²) in [6, 6.07) is 13.4. The van der Waals surface area contributed by atoms with Gasteiger partial charge in [-0.15, -0.1) is 0 Å². The minimum atomic E-state index is -0.781. The van der Waals surface area contributed by atoms with E-state index >= 15 is 0 Å². The molecule has 5 rings (SSSR count). The normalized spacial score (nSPS) is 18.3. The van der Waals surface area contributed by atoms with Crippen LogP contribution in [0, 0.1) is 0 Å². The summed E-state index contributed by atoms with van der Waals surface area (Å²) in [6.45, 7) is 3.00. The Bertz CT molecular complexity index is 1310. The standard InChI is InChI=1S/C25H24Cl2N4O3/c1-14(23-20(26)11-28-12-21(23)27)34-18-5-6-22-19(10-18)24(30-29-22)15-3-2-4-16(9-15)25(33)31-8-7-17(32)13-31/h2-6,9-12,14,17,25,32-33H,7-8,13H2,1H3,(H,29,30)/t14-,17+,25?/m1/s1. The van der Waals surface area contributed by atoms with Crippen molar-refractivity contribution in [2.75, 3.05) is 13.1 Å². The lowest BCUT2D eigenvalue weighted by atomic mass is 10.0. The highest BCUT2D eigenvalue weighted by molar-refractivity contribution is 6.35. The first-order valence-electron chi connectivity index (χ1n) is 11.0. The largest absolute Gasteiger partial charge is 0.486 e. The molecule has 3 N–H and O–H groups in total. The van der Waals surface area contributed by atoms with Gasteiger partial charge in [-0.25, -0.2) is 0 Å². The predicted octanol–water partition coefficient (Wildman–Crippen LogP) is 5.13. The molecule has 2 aromatic carbocycles. The molecule has 4 aromatic rings. The molecule has 7 nitrogen and oxygen atoms in total. The fourth-order valence-corrected chi connectivity index (χ4v) is 5.08. The molecule has 3 atom stereocenters. The van der Waals surface area contributed by atoms with E-state index in [0.717, 1.165) is 27.7 Å². The van der Waals surface area contributed by atoms with Crippen LogP contribution in [0.1, 0.15) is 36.8 Å². The van der Waals surface area contributed by atoms with Crippen LogP contribution in [-0.4, -0.2) is 49.5 Å². The summed E-state index contributed by atoms with van der Waals surface area (Å²) in [7, 11) is 0. The minimum Gasteiger partial charge on any atom is -0.486 e. The Labute approximate surface area is 206 Å². The second-order valence-corrected chi connectivity index (χ2v) is 9.31. The first-order chi connectivity index (χ1) is 16.4. The summed E-state index contributed by atoms with van der Waals surface area (Å²) in [6.07, 6.45) is 2.19. The molecular weight excluding hydrogens is 475 g/mol. The van der Waals surface area contributed by atoms with Gasteiger partial charge in [0.1, 0.15) is 23.8 Å². The van der Waals surface area contributed by atoms with Crippen LogP contribution in [0.4, 0.5) is 0 Å². The third-order valence-electron chi connectivity index (χ3n) is 6.14. The lowest BCUT2D eigenvalue weighted by molar-refractivity contribution is 0.0103. The van der Waals surface area contributed by atoms with E-state index in [4.69, 9.17) is 27.9 Å². The highest BCUT2D eigenvalue weighted by atomic mass is 35.5. The average Bonchev–Trinajstić information content (AvgIpc) is 3.44. The number of aliphatic hydroxyl groups excluding tert-OH is 2. The molecule has 0 saturated carbocycles. The number of hydrogen-bond acceptors (Lipinski definition) is 6. The summed E-state index contributed by atoms with van der Waals surface area (Å²) in [4.78, 5) is 5.87. The zero-order chi connectivity index (χ0) is 23.8. The molecule has 0 amide bonds. The summed E-state index contributed by atoms with van der Waals surface area (Å²) in [5, 5.41) is 30.0. The van der Waals surface area contributed by atoms with Gasteiger partial charge in [0, 0.05) is 42.0 Å². The van der Waals surface area contributed by atoms with Crippen molar-refractivity contribution in [3.63, 3.8) is 0 Å². The number of aromatic nitrogens is 3. The number of H-pyrrole nitrogens is 1. The Kier molecular flexibility index (Phi) is 6.46. The number of pyridine rings is 1. The van der Waals surface area contributed by atoms with Crippen molar-refractivity contribution < 1.29 is 14.9 Å². The molecule has 3 heterocycles. The first-order valence-corrected chi connectivity index (χ1v) is 11.8. The van der Waals surface area contributed by atoms with Gasteiger partial charge in [-0.3, -0.25) is 15.0 Å². The molecule has 1 fully saturated rings. The van der Waals surface area contributed by atoms with Crippen molar-refractivity contribution >= 4 is 34.1 Å². The number of nitrogens with zero attached hydrogens (tertiary/aromatic N) is 3. The highest BCUT2D eigenvalue weighted by Gasteiger charge is 2.27. The lowest BCUT2D eigenvalue weighted by Crippen LogP contribution is -2.27. The maximum atomic E-state index is 10.8. The number of hydrogen-bond donors (Lipinski definition) is 3. The monoisotopic (exact) mass is 498 g/mol. The molecule has 0 radical (unpaired) electrons. The smallest absolute Gasteiger partial charge is 0.133 e. The van der Waals surface area contributed by atoms with Crippen molar-refractivity contribution in [3.8, 4) is 17.0 Å². The van der Waals surface area contributed by atoms with E-state index in [2.05, 4.69) is 15.2 Å². The maximum Gasteiger partial charge on any atom is 0.133 e. The summed E-state index contributed by atoms with van der Waals surface area (Å²) in [5.74, 6) is 0.647. The van der Waals surface area contributed by atoms with E-state index in [1.54, 1.807) is 12.4 Å². The van der Waals surface area contributed by atoms with Gasteiger partial charge in [-0.1, -0.05) is 41.4 Å². The van der Waals surface area contributed by atoms with E-state index in [1.807, 2.05) is 54.3 Å². The summed E-state index contributed by atoms with van der Waals surface area (Å²) < 4.78 is 6.16. The molecular formula is C25H24Cl2N4O3. The minimum absolute atomic E-state index is 0.384. The van der Waals surface area contributed by atoms with Gasteiger partial charge in [0.2, 0.25) is 0 Å². The number of rotatable bonds is 6. The number of aromatic amines is 1. The number of β-amino-alcohol motifs (C(OH)–C–C–N with tert-alkyl or cyclic N) is 1. The fraction of sp³-hybridized carbons (Fsp3) is 0.280. The van der Waals surface area contributed by atoms with Crippen LogP contribution < -0.4 is 4.74 Å². The molecule has 1 unspecified atom stereocenters. The predicted molar refractivity (Wildman–Crippen MR) is 132 cm³/mol. The van der Waals surface area contributed by atoms with Gasteiger partial charge >= 0.3 is 0 Å². The van der Waals surface area contributed by atoms with Crippen LogP contribution in [0.3, 0.4) is 0 Å². The van der Waals surface area contributed by atoms with Crippen molar-refractivity contribution in [3.05, 3.63) is 76.0 Å². The molecule has 1 saturated heterocycles. The Balaban J connectivity index is 1.44. The molecule has 1 aliphatic heterocycles. The van der Waals surface area contributed by atoms with Crippen LogP contribution in [0.25, 0.3) is 22.2 Å². The molecule has 1 aliphatic rings. The third-order valence-corrected chi connectivity index (χ3v) is 6.75. The SMILES string of the molecule is C[C@@H](Oc1ccc2[nH]nc(-c3cccc(C(O)N4CC[C@H](O)C4)c3)c2c1)c1c(Cl)cncc1Cl. The second-order valence-electron chi connectivity index (χ2n) is 8.49. The Morgan fingerprint density at radius 2 is 1.94 bits per heavy atom. The number of nitrogens with one attached hydrogen (secondary N) is 1. The number of likely N-dealkylation sites (tertiary alicyclic amines) is 1. The summed E-state index contributed by atoms with van der Waals surface area (Å²) in [5.41, 5.74) is 3.92. The zero-order valence-corrected chi connectivity index (χ0v) is 20.0. The van der Waals surface area contributed by atoms with Gasteiger partial charge in [0.05, 0.1) is 21.7 Å². The molecule has 2 aromatic heterocycles. The molecule has 0 spiro atoms. The number of fused-ring (bicyclic) bond motifs is 1. The van der Waals surface area contributed by atoms with E-state index in [-0.39, 0.29) is 6.10 Å². The number of benzene rings is 2. The van der Waals surface area contributed by atoms with Crippen molar-refractivity contribution in [2.24, 2.45) is 0 Å². The van der Waals surface area contributed by atoms with Crippen LogP contribution in [-0.2, 0) is 0 Å². The highest BCUT2D eigenvalue weighted by Crippen LogP contribution is 2.35. The molecule has 0 bridgehead atoms. The zero-order valence-electron chi connectivity index (χ0n) is 18.4. The Morgan fingerprint density at radius 3 is 2.68 bits per heavy atom. The second kappa shape index (κ2) is 9.52. The number of aliphatic hydroxyl groups is 2. The van der Waals surface area contributed by atoms with Gasteiger partial charge in [-0.05, 0) is 43.2 Å². The molecule has 9 heteroatoms. The van der Waals surface area contributed by atoms with Gasteiger partial charge < -0.3 is 14.9 Å². The van der Waals surface area contributed by atoms with Gasteiger partial charge in [0.15, 0.2) is 0 Å². The third kappa shape index (κ3) is 4.50. The molecule has 34 heavy (non-hydrogen) atoms. The van der Waals surface area contributed by atoms with Crippen LogP contribution in [0.2, 0.25) is 10.0 Å². The van der Waals surface area contributed by atoms with Crippen molar-refractivity contribution in [1.29, 1.82) is 0 Å². The van der Waals surface area contributed by atoms with Crippen molar-refractivity contribution in [2.45, 2.75) is 31.8 Å².